The fourth-order valence-electron chi connectivity index (χ4n) is 1.46. The van der Waals surface area contributed by atoms with E-state index in [9.17, 15) is 14.4 Å². The quantitative estimate of drug-likeness (QED) is 0.757. The highest BCUT2D eigenvalue weighted by Crippen LogP contribution is 2.19. The van der Waals surface area contributed by atoms with Gasteiger partial charge in [-0.3, -0.25) is 9.59 Å². The lowest BCUT2D eigenvalue weighted by Gasteiger charge is -2.14. The number of nitrogens with one attached hydrogen (secondary N) is 1. The SMILES string of the molecule is Cc1c(Br)cccc1C(=O)NC(CC(=O)O)C(=O)O. The Bertz CT molecular complexity index is 529. The molecule has 0 saturated heterocycles. The summed E-state index contributed by atoms with van der Waals surface area (Å²) in [5.74, 6) is -3.30. The summed E-state index contributed by atoms with van der Waals surface area (Å²) >= 11 is 3.26. The molecule has 1 aromatic rings. The Kier molecular flexibility index (Phi) is 5.05. The number of halogens is 1. The molecule has 6 nitrogen and oxygen atoms in total. The van der Waals surface area contributed by atoms with Gasteiger partial charge in [-0.25, -0.2) is 4.79 Å². The summed E-state index contributed by atoms with van der Waals surface area (Å²) in [7, 11) is 0. The summed E-state index contributed by atoms with van der Waals surface area (Å²) in [4.78, 5) is 33.3. The van der Waals surface area contributed by atoms with Gasteiger partial charge in [-0.1, -0.05) is 22.0 Å². The van der Waals surface area contributed by atoms with Crippen molar-refractivity contribution in [1.82, 2.24) is 5.32 Å². The van der Waals surface area contributed by atoms with Crippen LogP contribution in [0.5, 0.6) is 0 Å². The van der Waals surface area contributed by atoms with E-state index in [0.717, 1.165) is 0 Å². The van der Waals surface area contributed by atoms with E-state index in [-0.39, 0.29) is 0 Å². The molecule has 0 aliphatic rings. The molecule has 0 aromatic heterocycles. The smallest absolute Gasteiger partial charge is 0.326 e. The molecule has 19 heavy (non-hydrogen) atoms. The largest absolute Gasteiger partial charge is 0.481 e. The van der Waals surface area contributed by atoms with Gasteiger partial charge in [-0.05, 0) is 24.6 Å². The summed E-state index contributed by atoms with van der Waals surface area (Å²) in [5, 5.41) is 19.6. The van der Waals surface area contributed by atoms with E-state index in [2.05, 4.69) is 21.2 Å². The standard InChI is InChI=1S/C12H12BrNO5/c1-6-7(3-2-4-8(6)13)11(17)14-9(12(18)19)5-10(15)16/h2-4,9H,5H2,1H3,(H,14,17)(H,15,16)(H,18,19). The number of carbonyl (C=O) groups excluding carboxylic acids is 1. The van der Waals surface area contributed by atoms with Gasteiger partial charge in [0.15, 0.2) is 0 Å². The number of carboxylic acids is 2. The van der Waals surface area contributed by atoms with Crippen molar-refractivity contribution in [1.29, 1.82) is 0 Å². The number of carboxylic acid groups (broad SMARTS) is 2. The van der Waals surface area contributed by atoms with Crippen molar-refractivity contribution in [3.63, 3.8) is 0 Å². The highest BCUT2D eigenvalue weighted by molar-refractivity contribution is 9.10. The van der Waals surface area contributed by atoms with Gasteiger partial charge in [-0.2, -0.15) is 0 Å². The van der Waals surface area contributed by atoms with Gasteiger partial charge in [0, 0.05) is 10.0 Å². The van der Waals surface area contributed by atoms with Crippen LogP contribution in [0, 0.1) is 6.92 Å². The molecule has 0 spiro atoms. The fraction of sp³-hybridized carbons (Fsp3) is 0.250. The third-order valence-corrected chi connectivity index (χ3v) is 3.35. The third kappa shape index (κ3) is 4.06. The van der Waals surface area contributed by atoms with E-state index in [1.54, 1.807) is 19.1 Å². The Morgan fingerprint density at radius 2 is 1.95 bits per heavy atom. The second kappa shape index (κ2) is 6.33. The zero-order valence-electron chi connectivity index (χ0n) is 10.0. The third-order valence-electron chi connectivity index (χ3n) is 2.49. The molecule has 0 aliphatic carbocycles. The molecule has 1 amide bonds. The van der Waals surface area contributed by atoms with Gasteiger partial charge in [0.2, 0.25) is 0 Å². The van der Waals surface area contributed by atoms with Gasteiger partial charge in [0.25, 0.3) is 5.91 Å². The molecule has 0 fully saturated rings. The van der Waals surface area contributed by atoms with Crippen molar-refractivity contribution in [2.24, 2.45) is 0 Å². The van der Waals surface area contributed by atoms with Crippen LogP contribution in [0.2, 0.25) is 0 Å². The van der Waals surface area contributed by atoms with Gasteiger partial charge in [-0.15, -0.1) is 0 Å². The van der Waals surface area contributed by atoms with Gasteiger partial charge in [0.1, 0.15) is 6.04 Å². The molecular formula is C12H12BrNO5. The Labute approximate surface area is 117 Å². The van der Waals surface area contributed by atoms with Gasteiger partial charge < -0.3 is 15.5 Å². The van der Waals surface area contributed by atoms with Crippen LogP contribution in [0.15, 0.2) is 22.7 Å². The van der Waals surface area contributed by atoms with Crippen LogP contribution in [0.4, 0.5) is 0 Å². The molecule has 1 aromatic carbocycles. The van der Waals surface area contributed by atoms with E-state index in [4.69, 9.17) is 10.2 Å². The predicted molar refractivity (Wildman–Crippen MR) is 70.0 cm³/mol. The summed E-state index contributed by atoms with van der Waals surface area (Å²) in [5.41, 5.74) is 0.950. The van der Waals surface area contributed by atoms with Gasteiger partial charge in [0.05, 0.1) is 6.42 Å². The second-order valence-electron chi connectivity index (χ2n) is 3.87. The Morgan fingerprint density at radius 1 is 1.32 bits per heavy atom. The first kappa shape index (κ1) is 15.2. The maximum absolute atomic E-state index is 11.9. The van der Waals surface area contributed by atoms with Crippen LogP contribution >= 0.6 is 15.9 Å². The van der Waals surface area contributed by atoms with Crippen LogP contribution in [0.1, 0.15) is 22.3 Å². The molecule has 102 valence electrons. The van der Waals surface area contributed by atoms with Crippen molar-refractivity contribution in [2.75, 3.05) is 0 Å². The summed E-state index contributed by atoms with van der Waals surface area (Å²) in [6.07, 6.45) is -0.672. The molecule has 1 unspecified atom stereocenters. The normalized spacial score (nSPS) is 11.7. The molecular weight excluding hydrogens is 318 g/mol. The Morgan fingerprint density at radius 3 is 2.47 bits per heavy atom. The number of amides is 1. The summed E-state index contributed by atoms with van der Waals surface area (Å²) in [6, 6.07) is 3.47. The molecule has 0 saturated carbocycles. The molecule has 0 heterocycles. The number of rotatable bonds is 5. The van der Waals surface area contributed by atoms with Crippen LogP contribution in [0.25, 0.3) is 0 Å². The topological polar surface area (TPSA) is 104 Å². The molecule has 0 aliphatic heterocycles. The molecule has 7 heteroatoms. The highest BCUT2D eigenvalue weighted by atomic mass is 79.9. The van der Waals surface area contributed by atoms with Crippen molar-refractivity contribution >= 4 is 33.8 Å². The first-order chi connectivity index (χ1) is 8.82. The van der Waals surface area contributed by atoms with E-state index in [1.165, 1.54) is 6.07 Å². The van der Waals surface area contributed by atoms with E-state index >= 15 is 0 Å². The predicted octanol–water partition coefficient (Wildman–Crippen LogP) is 1.42. The number of hydrogen-bond donors (Lipinski definition) is 3. The minimum absolute atomic E-state index is 0.297. The van der Waals surface area contributed by atoms with Crippen LogP contribution in [-0.2, 0) is 9.59 Å². The van der Waals surface area contributed by atoms with Crippen LogP contribution < -0.4 is 5.32 Å². The summed E-state index contributed by atoms with van der Waals surface area (Å²) in [6.45, 7) is 1.70. The fourth-order valence-corrected chi connectivity index (χ4v) is 1.83. The Balaban J connectivity index is 2.91. The Hall–Kier alpha value is -1.89. The van der Waals surface area contributed by atoms with E-state index < -0.39 is 30.3 Å². The first-order valence-electron chi connectivity index (χ1n) is 5.33. The van der Waals surface area contributed by atoms with Crippen LogP contribution in [0.3, 0.4) is 0 Å². The molecule has 0 radical (unpaired) electrons. The molecule has 0 bridgehead atoms. The lowest BCUT2D eigenvalue weighted by molar-refractivity contribution is -0.145. The number of aliphatic carboxylic acids is 2. The van der Waals surface area contributed by atoms with Crippen molar-refractivity contribution in [3.05, 3.63) is 33.8 Å². The number of carbonyl (C=O) groups is 3. The van der Waals surface area contributed by atoms with Crippen molar-refractivity contribution in [3.8, 4) is 0 Å². The minimum Gasteiger partial charge on any atom is -0.481 e. The number of hydrogen-bond acceptors (Lipinski definition) is 3. The monoisotopic (exact) mass is 329 g/mol. The lowest BCUT2D eigenvalue weighted by Crippen LogP contribution is -2.42. The maximum atomic E-state index is 11.9. The van der Waals surface area contributed by atoms with Crippen molar-refractivity contribution < 1.29 is 24.6 Å². The van der Waals surface area contributed by atoms with Gasteiger partial charge >= 0.3 is 11.9 Å². The van der Waals surface area contributed by atoms with E-state index in [0.29, 0.717) is 15.6 Å². The maximum Gasteiger partial charge on any atom is 0.326 e. The molecule has 3 N–H and O–H groups in total. The van der Waals surface area contributed by atoms with E-state index in [1.807, 2.05) is 0 Å². The lowest BCUT2D eigenvalue weighted by atomic mass is 10.1. The minimum atomic E-state index is -1.46. The summed E-state index contributed by atoms with van der Waals surface area (Å²) < 4.78 is 0.713. The number of benzene rings is 1. The highest BCUT2D eigenvalue weighted by Gasteiger charge is 2.24. The average Bonchev–Trinajstić information content (AvgIpc) is 2.31. The zero-order chi connectivity index (χ0) is 14.6. The van der Waals surface area contributed by atoms with Crippen molar-refractivity contribution in [2.45, 2.75) is 19.4 Å². The zero-order valence-corrected chi connectivity index (χ0v) is 11.6. The molecule has 1 atom stereocenters. The second-order valence-corrected chi connectivity index (χ2v) is 4.73. The molecule has 1 rings (SSSR count). The van der Waals surface area contributed by atoms with Crippen LogP contribution in [-0.4, -0.2) is 34.1 Å². The first-order valence-corrected chi connectivity index (χ1v) is 6.12. The average molecular weight is 330 g/mol.